The highest BCUT2D eigenvalue weighted by atomic mass is 32.2. The average Bonchev–Trinajstić information content (AvgIpc) is 2.48. The lowest BCUT2D eigenvalue weighted by Crippen LogP contribution is -2.33. The van der Waals surface area contributed by atoms with E-state index in [0.717, 1.165) is 24.8 Å². The zero-order valence-corrected chi connectivity index (χ0v) is 14.1. The SMILES string of the molecule is CCCC(=O)O[C@H]1CCC[C@@H](S(=O)(=O)c2ccc(C)cc2)C1. The number of hydrogen-bond acceptors (Lipinski definition) is 4. The molecule has 0 N–H and O–H groups in total. The highest BCUT2D eigenvalue weighted by Crippen LogP contribution is 2.30. The first kappa shape index (κ1) is 17.0. The summed E-state index contributed by atoms with van der Waals surface area (Å²) >= 11 is 0. The first-order chi connectivity index (χ1) is 10.4. The van der Waals surface area contributed by atoms with Crippen molar-refractivity contribution in [3.05, 3.63) is 29.8 Å². The molecule has 0 aliphatic heterocycles. The molecule has 1 saturated carbocycles. The van der Waals surface area contributed by atoms with E-state index in [-0.39, 0.29) is 12.1 Å². The molecule has 1 aliphatic rings. The Labute approximate surface area is 132 Å². The van der Waals surface area contributed by atoms with E-state index in [9.17, 15) is 13.2 Å². The maximum atomic E-state index is 12.7. The molecule has 4 nitrogen and oxygen atoms in total. The highest BCUT2D eigenvalue weighted by Gasteiger charge is 2.34. The Hall–Kier alpha value is -1.36. The average molecular weight is 324 g/mol. The van der Waals surface area contributed by atoms with E-state index in [1.54, 1.807) is 12.1 Å². The van der Waals surface area contributed by atoms with Gasteiger partial charge in [-0.1, -0.05) is 24.6 Å². The first-order valence-corrected chi connectivity index (χ1v) is 9.48. The highest BCUT2D eigenvalue weighted by molar-refractivity contribution is 7.92. The third-order valence-corrected chi connectivity index (χ3v) is 6.35. The van der Waals surface area contributed by atoms with Crippen molar-refractivity contribution < 1.29 is 17.9 Å². The fraction of sp³-hybridized carbons (Fsp3) is 0.588. The van der Waals surface area contributed by atoms with Gasteiger partial charge in [-0.25, -0.2) is 8.42 Å². The van der Waals surface area contributed by atoms with Gasteiger partial charge in [0.25, 0.3) is 0 Å². The summed E-state index contributed by atoms with van der Waals surface area (Å²) in [4.78, 5) is 12.0. The summed E-state index contributed by atoms with van der Waals surface area (Å²) in [5, 5.41) is -0.455. The van der Waals surface area contributed by atoms with Gasteiger partial charge in [-0.05, 0) is 44.7 Å². The minimum Gasteiger partial charge on any atom is -0.462 e. The molecule has 2 atom stereocenters. The van der Waals surface area contributed by atoms with Crippen LogP contribution in [0.4, 0.5) is 0 Å². The van der Waals surface area contributed by atoms with E-state index in [1.807, 2.05) is 26.0 Å². The predicted molar refractivity (Wildman–Crippen MR) is 85.4 cm³/mol. The topological polar surface area (TPSA) is 60.4 Å². The molecule has 0 saturated heterocycles. The fourth-order valence-electron chi connectivity index (χ4n) is 2.86. The number of carbonyl (C=O) groups is 1. The lowest BCUT2D eigenvalue weighted by atomic mass is 9.97. The summed E-state index contributed by atoms with van der Waals surface area (Å²) in [5.74, 6) is -0.221. The molecule has 0 unspecified atom stereocenters. The molecule has 0 radical (unpaired) electrons. The summed E-state index contributed by atoms with van der Waals surface area (Å²) in [6, 6.07) is 6.96. The maximum absolute atomic E-state index is 12.7. The summed E-state index contributed by atoms with van der Waals surface area (Å²) in [6.07, 6.45) is 3.46. The number of ether oxygens (including phenoxy) is 1. The third-order valence-electron chi connectivity index (χ3n) is 4.12. The van der Waals surface area contributed by atoms with Crippen molar-refractivity contribution in [3.8, 4) is 0 Å². The molecule has 0 spiro atoms. The quantitative estimate of drug-likeness (QED) is 0.779. The van der Waals surface area contributed by atoms with Crippen LogP contribution >= 0.6 is 0 Å². The van der Waals surface area contributed by atoms with Gasteiger partial charge in [0.05, 0.1) is 10.1 Å². The van der Waals surface area contributed by atoms with E-state index in [0.29, 0.717) is 24.2 Å². The third kappa shape index (κ3) is 4.09. The van der Waals surface area contributed by atoms with Crippen molar-refractivity contribution in [2.45, 2.75) is 68.6 Å². The zero-order chi connectivity index (χ0) is 16.2. The Morgan fingerprint density at radius 1 is 1.23 bits per heavy atom. The molecule has 22 heavy (non-hydrogen) atoms. The van der Waals surface area contributed by atoms with Crippen LogP contribution in [0.5, 0.6) is 0 Å². The van der Waals surface area contributed by atoms with Crippen LogP contribution in [-0.2, 0) is 19.4 Å². The standard InChI is InChI=1S/C17H24O4S/c1-3-5-17(18)21-14-6-4-7-16(12-14)22(19,20)15-10-8-13(2)9-11-15/h8-11,14,16H,3-7,12H2,1-2H3/t14-,16+/m0/s1. The van der Waals surface area contributed by atoms with Gasteiger partial charge in [0.2, 0.25) is 0 Å². The van der Waals surface area contributed by atoms with Gasteiger partial charge in [-0.2, -0.15) is 0 Å². The molecule has 2 rings (SSSR count). The summed E-state index contributed by atoms with van der Waals surface area (Å²) in [6.45, 7) is 3.85. The number of rotatable bonds is 5. The van der Waals surface area contributed by atoms with E-state index in [1.165, 1.54) is 0 Å². The van der Waals surface area contributed by atoms with E-state index in [2.05, 4.69) is 0 Å². The molecule has 1 aromatic rings. The smallest absolute Gasteiger partial charge is 0.306 e. The Bertz CT molecular complexity index is 604. The Morgan fingerprint density at radius 3 is 2.55 bits per heavy atom. The number of aryl methyl sites for hydroxylation is 1. The molecule has 0 bridgehead atoms. The van der Waals surface area contributed by atoms with E-state index in [4.69, 9.17) is 4.74 Å². The van der Waals surface area contributed by atoms with Crippen molar-refractivity contribution in [2.75, 3.05) is 0 Å². The lowest BCUT2D eigenvalue weighted by Gasteiger charge is -2.28. The Balaban J connectivity index is 2.07. The van der Waals surface area contributed by atoms with Gasteiger partial charge in [0.15, 0.2) is 9.84 Å². The molecule has 1 fully saturated rings. The predicted octanol–water partition coefficient (Wildman–Crippen LogP) is 3.42. The van der Waals surface area contributed by atoms with Gasteiger partial charge in [-0.3, -0.25) is 4.79 Å². The van der Waals surface area contributed by atoms with Crippen molar-refractivity contribution in [1.82, 2.24) is 0 Å². The molecule has 0 amide bonds. The summed E-state index contributed by atoms with van der Waals surface area (Å²) in [7, 11) is -3.35. The normalized spacial score (nSPS) is 22.3. The van der Waals surface area contributed by atoms with Crippen LogP contribution in [-0.4, -0.2) is 25.7 Å². The van der Waals surface area contributed by atoms with Crippen molar-refractivity contribution in [2.24, 2.45) is 0 Å². The van der Waals surface area contributed by atoms with E-state index >= 15 is 0 Å². The van der Waals surface area contributed by atoms with Crippen molar-refractivity contribution in [3.63, 3.8) is 0 Å². The van der Waals surface area contributed by atoms with Gasteiger partial charge in [0.1, 0.15) is 6.10 Å². The largest absolute Gasteiger partial charge is 0.462 e. The second-order valence-corrected chi connectivity index (χ2v) is 8.24. The Morgan fingerprint density at radius 2 is 1.91 bits per heavy atom. The number of benzene rings is 1. The minimum atomic E-state index is -3.35. The van der Waals surface area contributed by atoms with Crippen LogP contribution in [0.3, 0.4) is 0 Å². The van der Waals surface area contributed by atoms with Gasteiger partial charge >= 0.3 is 5.97 Å². The number of sulfone groups is 1. The summed E-state index contributed by atoms with van der Waals surface area (Å²) in [5.41, 5.74) is 1.04. The number of carbonyl (C=O) groups excluding carboxylic acids is 1. The van der Waals surface area contributed by atoms with Crippen LogP contribution in [0.25, 0.3) is 0 Å². The van der Waals surface area contributed by atoms with E-state index < -0.39 is 15.1 Å². The molecule has 1 aromatic carbocycles. The van der Waals surface area contributed by atoms with Gasteiger partial charge in [0, 0.05) is 12.8 Å². The second kappa shape index (κ2) is 7.27. The first-order valence-electron chi connectivity index (χ1n) is 7.93. The fourth-order valence-corrected chi connectivity index (χ4v) is 4.71. The molecular weight excluding hydrogens is 300 g/mol. The zero-order valence-electron chi connectivity index (χ0n) is 13.2. The molecule has 0 aromatic heterocycles. The second-order valence-electron chi connectivity index (χ2n) is 6.01. The van der Waals surface area contributed by atoms with Crippen LogP contribution in [0.15, 0.2) is 29.2 Å². The molecule has 1 aliphatic carbocycles. The maximum Gasteiger partial charge on any atom is 0.306 e. The Kier molecular flexibility index (Phi) is 5.62. The molecular formula is C17H24O4S. The molecule has 122 valence electrons. The van der Waals surface area contributed by atoms with Crippen LogP contribution in [0, 0.1) is 6.92 Å². The van der Waals surface area contributed by atoms with Crippen LogP contribution < -0.4 is 0 Å². The monoisotopic (exact) mass is 324 g/mol. The lowest BCUT2D eigenvalue weighted by molar-refractivity contribution is -0.150. The number of hydrogen-bond donors (Lipinski definition) is 0. The van der Waals surface area contributed by atoms with Gasteiger partial charge < -0.3 is 4.74 Å². The molecule has 5 heteroatoms. The summed E-state index contributed by atoms with van der Waals surface area (Å²) < 4.78 is 30.8. The van der Waals surface area contributed by atoms with Gasteiger partial charge in [-0.15, -0.1) is 0 Å². The minimum absolute atomic E-state index is 0.221. The van der Waals surface area contributed by atoms with Crippen molar-refractivity contribution >= 4 is 15.8 Å². The van der Waals surface area contributed by atoms with Crippen LogP contribution in [0.2, 0.25) is 0 Å². The van der Waals surface area contributed by atoms with Crippen molar-refractivity contribution in [1.29, 1.82) is 0 Å². The molecule has 0 heterocycles. The number of esters is 1. The van der Waals surface area contributed by atoms with Crippen LogP contribution in [0.1, 0.15) is 51.0 Å².